The molecule has 0 aromatic heterocycles. The largest absolute Gasteiger partial charge is 0.366 e. The van der Waals surface area contributed by atoms with Gasteiger partial charge in [0.05, 0.1) is 10.5 Å². The zero-order valence-corrected chi connectivity index (χ0v) is 12.0. The molecule has 1 aliphatic heterocycles. The molecule has 1 atom stereocenters. The van der Waals surface area contributed by atoms with Gasteiger partial charge in [0.25, 0.3) is 5.69 Å². The van der Waals surface area contributed by atoms with E-state index in [1.54, 1.807) is 12.1 Å². The van der Waals surface area contributed by atoms with E-state index < -0.39 is 4.92 Å². The van der Waals surface area contributed by atoms with E-state index in [1.807, 2.05) is 0 Å². The number of hydrogen-bond acceptors (Lipinski definition) is 5. The summed E-state index contributed by atoms with van der Waals surface area (Å²) in [6, 6.07) is 5.15. The number of ketones is 1. The lowest BCUT2D eigenvalue weighted by atomic mass is 10.1. The fourth-order valence-electron chi connectivity index (χ4n) is 2.67. The van der Waals surface area contributed by atoms with Gasteiger partial charge in [0, 0.05) is 37.4 Å². The summed E-state index contributed by atoms with van der Waals surface area (Å²) in [6.45, 7) is 6.12. The van der Waals surface area contributed by atoms with Crippen LogP contribution in [0.2, 0.25) is 0 Å². The third kappa shape index (κ3) is 2.80. The third-order valence-electron chi connectivity index (χ3n) is 3.72. The Hall–Kier alpha value is -1.95. The molecule has 6 nitrogen and oxygen atoms in total. The van der Waals surface area contributed by atoms with E-state index in [4.69, 9.17) is 0 Å². The van der Waals surface area contributed by atoms with Gasteiger partial charge >= 0.3 is 0 Å². The van der Waals surface area contributed by atoms with E-state index in [-0.39, 0.29) is 23.1 Å². The van der Waals surface area contributed by atoms with Crippen LogP contribution < -0.4 is 4.90 Å². The van der Waals surface area contributed by atoms with Gasteiger partial charge in [0.15, 0.2) is 5.78 Å². The third-order valence-corrected chi connectivity index (χ3v) is 3.72. The van der Waals surface area contributed by atoms with Gasteiger partial charge in [-0.3, -0.25) is 14.9 Å². The van der Waals surface area contributed by atoms with Crippen LogP contribution in [0.1, 0.15) is 24.2 Å². The second-order valence-electron chi connectivity index (χ2n) is 5.32. The van der Waals surface area contributed by atoms with Crippen LogP contribution in [0.25, 0.3) is 0 Å². The maximum Gasteiger partial charge on any atom is 0.282 e. The smallest absolute Gasteiger partial charge is 0.282 e. The van der Waals surface area contributed by atoms with Gasteiger partial charge in [-0.2, -0.15) is 0 Å². The Morgan fingerprint density at radius 1 is 1.40 bits per heavy atom. The number of piperazine rings is 1. The first-order chi connectivity index (χ1) is 9.40. The molecular formula is C14H19N3O3. The maximum absolute atomic E-state index is 11.4. The van der Waals surface area contributed by atoms with Crippen molar-refractivity contribution in [2.75, 3.05) is 31.6 Å². The molecule has 0 N–H and O–H groups in total. The minimum atomic E-state index is -0.485. The highest BCUT2D eigenvalue weighted by atomic mass is 16.6. The summed E-state index contributed by atoms with van der Waals surface area (Å²) in [7, 11) is 2.06. The van der Waals surface area contributed by atoms with Crippen LogP contribution in [-0.4, -0.2) is 48.3 Å². The fourth-order valence-corrected chi connectivity index (χ4v) is 2.67. The van der Waals surface area contributed by atoms with Gasteiger partial charge in [-0.05, 0) is 33.0 Å². The highest BCUT2D eigenvalue weighted by Gasteiger charge is 2.25. The molecule has 0 spiro atoms. The molecule has 0 aliphatic carbocycles. The molecule has 20 heavy (non-hydrogen) atoms. The van der Waals surface area contributed by atoms with Crippen LogP contribution >= 0.6 is 0 Å². The van der Waals surface area contributed by atoms with Gasteiger partial charge < -0.3 is 9.80 Å². The predicted molar refractivity (Wildman–Crippen MR) is 77.4 cm³/mol. The first-order valence-corrected chi connectivity index (χ1v) is 6.64. The molecule has 108 valence electrons. The molecule has 0 amide bonds. The highest BCUT2D eigenvalue weighted by molar-refractivity contribution is 5.98. The summed E-state index contributed by atoms with van der Waals surface area (Å²) in [4.78, 5) is 26.5. The molecule has 0 bridgehead atoms. The second kappa shape index (κ2) is 5.58. The highest BCUT2D eigenvalue weighted by Crippen LogP contribution is 2.28. The number of Topliss-reactive ketones (excluding diaryl/α,β-unsaturated/α-hetero) is 1. The lowest BCUT2D eigenvalue weighted by molar-refractivity contribution is -0.385. The van der Waals surface area contributed by atoms with Crippen LogP contribution in [0, 0.1) is 10.1 Å². The molecule has 1 aliphatic rings. The summed E-state index contributed by atoms with van der Waals surface area (Å²) >= 11 is 0. The zero-order chi connectivity index (χ0) is 14.9. The molecule has 1 unspecified atom stereocenters. The molecule has 2 rings (SSSR count). The number of hydrogen-bond donors (Lipinski definition) is 0. The topological polar surface area (TPSA) is 66.7 Å². The summed E-state index contributed by atoms with van der Waals surface area (Å²) in [5.41, 5.74) is 0.865. The summed E-state index contributed by atoms with van der Waals surface area (Å²) in [5.74, 6) is -0.283. The van der Waals surface area contributed by atoms with E-state index in [1.165, 1.54) is 13.0 Å². The summed E-state index contributed by atoms with van der Waals surface area (Å²) in [6.07, 6.45) is 0. The van der Waals surface area contributed by atoms with Crippen LogP contribution in [-0.2, 0) is 0 Å². The predicted octanol–water partition coefficient (Wildman–Crippen LogP) is 1.94. The van der Waals surface area contributed by atoms with Crippen LogP contribution in [0.4, 0.5) is 11.4 Å². The van der Waals surface area contributed by atoms with Gasteiger partial charge in [-0.1, -0.05) is 0 Å². The Kier molecular flexibility index (Phi) is 4.04. The number of nitro groups is 1. The molecule has 1 fully saturated rings. The van der Waals surface area contributed by atoms with E-state index in [2.05, 4.69) is 23.8 Å². The van der Waals surface area contributed by atoms with Crippen molar-refractivity contribution < 1.29 is 9.72 Å². The van der Waals surface area contributed by atoms with E-state index in [0.717, 1.165) is 25.3 Å². The van der Waals surface area contributed by atoms with E-state index in [0.29, 0.717) is 0 Å². The number of nitro benzene ring substituents is 1. The molecule has 0 radical (unpaired) electrons. The SMILES string of the molecule is CC(=O)c1ccc(N2CCN(C)CC2C)cc1[N+](=O)[O-]. The van der Waals surface area contributed by atoms with Crippen LogP contribution in [0.3, 0.4) is 0 Å². The van der Waals surface area contributed by atoms with Crippen LogP contribution in [0.15, 0.2) is 18.2 Å². The quantitative estimate of drug-likeness (QED) is 0.480. The normalized spacial score (nSPS) is 19.9. The first-order valence-electron chi connectivity index (χ1n) is 6.64. The van der Waals surface area contributed by atoms with Crippen molar-refractivity contribution in [2.45, 2.75) is 19.9 Å². The van der Waals surface area contributed by atoms with E-state index in [9.17, 15) is 14.9 Å². The number of anilines is 1. The lowest BCUT2D eigenvalue weighted by Crippen LogP contribution is -2.50. The standard InChI is InChI=1S/C14H19N3O3/c1-10-9-15(3)6-7-16(10)12-4-5-13(11(2)18)14(8-12)17(19)20/h4-5,8,10H,6-7,9H2,1-3H3. The Balaban J connectivity index is 2.36. The number of nitrogens with zero attached hydrogens (tertiary/aromatic N) is 3. The first kappa shape index (κ1) is 14.5. The number of rotatable bonds is 3. The Bertz CT molecular complexity index is 544. The Labute approximate surface area is 118 Å². The Morgan fingerprint density at radius 2 is 2.10 bits per heavy atom. The molecule has 1 heterocycles. The number of carbonyl (C=O) groups excluding carboxylic acids is 1. The molecular weight excluding hydrogens is 258 g/mol. The fraction of sp³-hybridized carbons (Fsp3) is 0.500. The molecule has 6 heteroatoms. The van der Waals surface area contributed by atoms with Gasteiger partial charge in [-0.25, -0.2) is 0 Å². The Morgan fingerprint density at radius 3 is 2.65 bits per heavy atom. The van der Waals surface area contributed by atoms with Gasteiger partial charge in [0.2, 0.25) is 0 Å². The summed E-state index contributed by atoms with van der Waals surface area (Å²) in [5, 5.41) is 11.1. The minimum absolute atomic E-state index is 0.110. The number of benzene rings is 1. The lowest BCUT2D eigenvalue weighted by Gasteiger charge is -2.39. The zero-order valence-electron chi connectivity index (χ0n) is 12.0. The van der Waals surface area contributed by atoms with Crippen molar-refractivity contribution in [3.8, 4) is 0 Å². The number of likely N-dealkylation sites (N-methyl/N-ethyl adjacent to an activating group) is 1. The monoisotopic (exact) mass is 277 g/mol. The van der Waals surface area contributed by atoms with E-state index >= 15 is 0 Å². The van der Waals surface area contributed by atoms with Gasteiger partial charge in [-0.15, -0.1) is 0 Å². The minimum Gasteiger partial charge on any atom is -0.366 e. The van der Waals surface area contributed by atoms with Crippen molar-refractivity contribution >= 4 is 17.2 Å². The molecule has 0 saturated carbocycles. The van der Waals surface area contributed by atoms with Crippen molar-refractivity contribution in [3.05, 3.63) is 33.9 Å². The van der Waals surface area contributed by atoms with Gasteiger partial charge in [0.1, 0.15) is 0 Å². The second-order valence-corrected chi connectivity index (χ2v) is 5.32. The summed E-state index contributed by atoms with van der Waals surface area (Å²) < 4.78 is 0. The van der Waals surface area contributed by atoms with Crippen molar-refractivity contribution in [2.24, 2.45) is 0 Å². The maximum atomic E-state index is 11.4. The van der Waals surface area contributed by atoms with Crippen molar-refractivity contribution in [1.82, 2.24) is 4.90 Å². The molecule has 1 saturated heterocycles. The molecule has 1 aromatic rings. The van der Waals surface area contributed by atoms with Crippen molar-refractivity contribution in [3.63, 3.8) is 0 Å². The van der Waals surface area contributed by atoms with Crippen molar-refractivity contribution in [1.29, 1.82) is 0 Å². The molecule has 1 aromatic carbocycles. The van der Waals surface area contributed by atoms with Crippen LogP contribution in [0.5, 0.6) is 0 Å². The average molecular weight is 277 g/mol. The number of carbonyl (C=O) groups is 1. The average Bonchev–Trinajstić information content (AvgIpc) is 2.37.